The van der Waals surface area contributed by atoms with Gasteiger partial charge in [-0.05, 0) is 33.8 Å². The number of benzene rings is 1. The van der Waals surface area contributed by atoms with Crippen LogP contribution in [0.3, 0.4) is 0 Å². The van der Waals surface area contributed by atoms with Gasteiger partial charge in [-0.15, -0.1) is 17.0 Å². The fourth-order valence-corrected chi connectivity index (χ4v) is 3.12. The van der Waals surface area contributed by atoms with Crippen LogP contribution in [0.25, 0.3) is 0 Å². The summed E-state index contributed by atoms with van der Waals surface area (Å²) in [7, 11) is 0. The Morgan fingerprint density at radius 3 is 2.63 bits per heavy atom. The Kier molecular flexibility index (Phi) is 6.26. The lowest BCUT2D eigenvalue weighted by molar-refractivity contribution is -0.158. The van der Waals surface area contributed by atoms with Crippen LogP contribution in [0.2, 0.25) is 0 Å². The molecule has 2 aliphatic rings. The van der Waals surface area contributed by atoms with Crippen LogP contribution in [0.15, 0.2) is 28.2 Å². The maximum Gasteiger partial charge on any atom is 0.226 e. The summed E-state index contributed by atoms with van der Waals surface area (Å²) in [6.07, 6.45) is 1.56. The summed E-state index contributed by atoms with van der Waals surface area (Å²) in [4.78, 5) is 13.9. The topological polar surface area (TPSA) is 108 Å². The van der Waals surface area contributed by atoms with Gasteiger partial charge in [0.15, 0.2) is 17.2 Å². The predicted molar refractivity (Wildman–Crippen MR) is 110 cm³/mol. The first-order chi connectivity index (χ1) is 12.2. The van der Waals surface area contributed by atoms with Crippen LogP contribution >= 0.6 is 17.0 Å². The number of ether oxygens (including phenoxy) is 2. The minimum absolute atomic E-state index is 0. The van der Waals surface area contributed by atoms with E-state index in [1.807, 2.05) is 26.0 Å². The molecule has 2 aliphatic heterocycles. The lowest BCUT2D eigenvalue weighted by Crippen LogP contribution is -2.53. The van der Waals surface area contributed by atoms with Gasteiger partial charge in [0.25, 0.3) is 0 Å². The van der Waals surface area contributed by atoms with Crippen molar-refractivity contribution in [3.63, 3.8) is 0 Å². The number of hydrogen-bond donors (Lipinski definition) is 2. The molecule has 9 heteroatoms. The Balaban J connectivity index is 0.00000261. The maximum atomic E-state index is 6.01. The van der Waals surface area contributed by atoms with E-state index >= 15 is 0 Å². The Morgan fingerprint density at radius 1 is 1.19 bits per heavy atom. The zero-order valence-corrected chi connectivity index (χ0v) is 17.9. The van der Waals surface area contributed by atoms with Crippen molar-refractivity contribution in [2.75, 3.05) is 13.2 Å². The normalized spacial score (nSPS) is 19.3. The molecule has 0 bridgehead atoms. The number of fused-ring (bicyclic) bond motifs is 1. The van der Waals surface area contributed by atoms with Crippen LogP contribution in [0.4, 0.5) is 0 Å². The fraction of sp³-hybridized carbons (Fsp3) is 0.556. The van der Waals surface area contributed by atoms with Gasteiger partial charge in [0.05, 0.1) is 13.2 Å². The third kappa shape index (κ3) is 4.84. The molecule has 0 fully saturated rings. The molecule has 0 spiro atoms. The number of rotatable bonds is 6. The molecule has 0 unspecified atom stereocenters. The van der Waals surface area contributed by atoms with E-state index in [0.717, 1.165) is 17.9 Å². The molecule has 0 aromatic heterocycles. The number of nitrogens with two attached hydrogens (primary N) is 2. The summed E-state index contributed by atoms with van der Waals surface area (Å²) in [5, 5.41) is 1.47. The van der Waals surface area contributed by atoms with Gasteiger partial charge in [-0.1, -0.05) is 12.1 Å². The molecule has 3 rings (SSSR count). The summed E-state index contributed by atoms with van der Waals surface area (Å²) >= 11 is 0. The maximum absolute atomic E-state index is 6.01. The first-order valence-corrected chi connectivity index (χ1v) is 8.74. The van der Waals surface area contributed by atoms with Crippen molar-refractivity contribution in [3.8, 4) is 11.5 Å². The molecule has 0 saturated carbocycles. The highest BCUT2D eigenvalue weighted by atomic mass is 79.9. The third-order valence-electron chi connectivity index (χ3n) is 4.14. The summed E-state index contributed by atoms with van der Waals surface area (Å²) < 4.78 is 11.9. The molecule has 150 valence electrons. The zero-order valence-electron chi connectivity index (χ0n) is 16.2. The Morgan fingerprint density at radius 2 is 1.93 bits per heavy atom. The number of hydrogen-bond acceptors (Lipinski definition) is 8. The van der Waals surface area contributed by atoms with Gasteiger partial charge in [0.2, 0.25) is 11.9 Å². The number of nitrogens with zero attached hydrogens (tertiary/aromatic N) is 3. The molecule has 8 nitrogen and oxygen atoms in total. The molecular formula is C18H28BrN5O3. The van der Waals surface area contributed by atoms with Crippen LogP contribution in [0, 0.1) is 0 Å². The van der Waals surface area contributed by atoms with Gasteiger partial charge >= 0.3 is 0 Å². The molecular weight excluding hydrogens is 414 g/mol. The standard InChI is InChI=1S/C18H27N5O3.BrH/c1-17(2)11-12-7-5-8-13(14(12)26-17)24-9-6-10-25-23-16(20)21-15(19)22-18(23,3)4;/h5,7-8H,6,9-11H2,1-4H3,(H4,19,20,21,22);1H. The summed E-state index contributed by atoms with van der Waals surface area (Å²) in [5.74, 6) is 1.96. The van der Waals surface area contributed by atoms with Gasteiger partial charge < -0.3 is 20.9 Å². The molecule has 27 heavy (non-hydrogen) atoms. The van der Waals surface area contributed by atoms with E-state index in [9.17, 15) is 0 Å². The smallest absolute Gasteiger partial charge is 0.226 e. The van der Waals surface area contributed by atoms with Crippen LogP contribution < -0.4 is 20.9 Å². The minimum Gasteiger partial charge on any atom is -0.490 e. The SMILES string of the molecule is Br.CC1(C)Cc2cccc(OCCCON3C(N)=NC(N)=NC3(C)C)c2O1. The van der Waals surface area contributed by atoms with Gasteiger partial charge in [0.1, 0.15) is 5.60 Å². The molecule has 0 atom stereocenters. The van der Waals surface area contributed by atoms with Crippen molar-refractivity contribution in [3.05, 3.63) is 23.8 Å². The quantitative estimate of drug-likeness (QED) is 0.655. The molecule has 0 amide bonds. The highest BCUT2D eigenvalue weighted by molar-refractivity contribution is 8.93. The van der Waals surface area contributed by atoms with Crippen LogP contribution in [0.5, 0.6) is 11.5 Å². The third-order valence-corrected chi connectivity index (χ3v) is 4.14. The van der Waals surface area contributed by atoms with E-state index in [4.69, 9.17) is 25.8 Å². The van der Waals surface area contributed by atoms with Crippen molar-refractivity contribution in [1.82, 2.24) is 5.06 Å². The van der Waals surface area contributed by atoms with Gasteiger partial charge in [-0.2, -0.15) is 10.1 Å². The van der Waals surface area contributed by atoms with E-state index in [1.54, 1.807) is 0 Å². The number of guanidine groups is 2. The lowest BCUT2D eigenvalue weighted by atomic mass is 10.0. The average Bonchev–Trinajstić information content (AvgIpc) is 2.83. The molecule has 0 saturated heterocycles. The molecule has 1 aromatic carbocycles. The van der Waals surface area contributed by atoms with Gasteiger partial charge in [-0.3, -0.25) is 4.84 Å². The second-order valence-electron chi connectivity index (χ2n) is 7.55. The predicted octanol–water partition coefficient (Wildman–Crippen LogP) is 2.36. The fourth-order valence-electron chi connectivity index (χ4n) is 3.12. The Labute approximate surface area is 170 Å². The lowest BCUT2D eigenvalue weighted by Gasteiger charge is -2.36. The Bertz CT molecular complexity index is 749. The summed E-state index contributed by atoms with van der Waals surface area (Å²) in [6, 6.07) is 6.00. The van der Waals surface area contributed by atoms with Crippen molar-refractivity contribution in [2.45, 2.75) is 51.8 Å². The van der Waals surface area contributed by atoms with E-state index in [1.165, 1.54) is 10.6 Å². The van der Waals surface area contributed by atoms with E-state index in [0.29, 0.717) is 19.6 Å². The first-order valence-electron chi connectivity index (χ1n) is 8.74. The van der Waals surface area contributed by atoms with Crippen molar-refractivity contribution >= 4 is 28.9 Å². The number of para-hydroxylation sites is 1. The minimum atomic E-state index is -0.698. The zero-order chi connectivity index (χ0) is 18.9. The number of halogens is 1. The largest absolute Gasteiger partial charge is 0.490 e. The highest BCUT2D eigenvalue weighted by Crippen LogP contribution is 2.41. The second kappa shape index (κ2) is 7.93. The first kappa shape index (κ1) is 21.3. The van der Waals surface area contributed by atoms with Crippen LogP contribution in [0.1, 0.15) is 39.7 Å². The van der Waals surface area contributed by atoms with Crippen molar-refractivity contribution in [2.24, 2.45) is 21.5 Å². The molecule has 1 aromatic rings. The number of aliphatic imine (C=N–C) groups is 2. The van der Waals surface area contributed by atoms with E-state index < -0.39 is 5.66 Å². The Hall–Kier alpha value is -2.00. The monoisotopic (exact) mass is 441 g/mol. The van der Waals surface area contributed by atoms with Crippen LogP contribution in [-0.2, 0) is 11.3 Å². The molecule has 2 heterocycles. The summed E-state index contributed by atoms with van der Waals surface area (Å²) in [6.45, 7) is 8.76. The van der Waals surface area contributed by atoms with E-state index in [-0.39, 0.29) is 34.5 Å². The summed E-state index contributed by atoms with van der Waals surface area (Å²) in [5.41, 5.74) is 11.8. The molecule has 0 aliphatic carbocycles. The molecule has 4 N–H and O–H groups in total. The molecule has 0 radical (unpaired) electrons. The highest BCUT2D eigenvalue weighted by Gasteiger charge is 2.33. The average molecular weight is 442 g/mol. The van der Waals surface area contributed by atoms with E-state index in [2.05, 4.69) is 29.9 Å². The number of hydroxylamine groups is 2. The second-order valence-corrected chi connectivity index (χ2v) is 7.55. The van der Waals surface area contributed by atoms with Crippen molar-refractivity contribution in [1.29, 1.82) is 0 Å². The van der Waals surface area contributed by atoms with Gasteiger partial charge in [0, 0.05) is 18.4 Å². The van der Waals surface area contributed by atoms with Gasteiger partial charge in [-0.25, -0.2) is 4.99 Å². The van der Waals surface area contributed by atoms with Crippen molar-refractivity contribution < 1.29 is 14.3 Å². The van der Waals surface area contributed by atoms with Crippen LogP contribution in [-0.4, -0.2) is 41.5 Å².